The SMILES string of the molecule is CN(C(=O)c1cn2ccnc2cn1)c1ccc(C#N)cc1. The maximum atomic E-state index is 12.4. The summed E-state index contributed by atoms with van der Waals surface area (Å²) in [6.07, 6.45) is 6.61. The molecule has 0 unspecified atom stereocenters. The molecule has 0 spiro atoms. The van der Waals surface area contributed by atoms with Gasteiger partial charge in [0.2, 0.25) is 0 Å². The van der Waals surface area contributed by atoms with Crippen LogP contribution in [0.5, 0.6) is 0 Å². The lowest BCUT2D eigenvalue weighted by atomic mass is 10.2. The number of rotatable bonds is 2. The molecule has 3 rings (SSSR count). The maximum absolute atomic E-state index is 12.4. The van der Waals surface area contributed by atoms with E-state index in [0.717, 1.165) is 0 Å². The molecule has 0 aliphatic rings. The molecule has 0 fully saturated rings. The van der Waals surface area contributed by atoms with Gasteiger partial charge in [0, 0.05) is 31.3 Å². The summed E-state index contributed by atoms with van der Waals surface area (Å²) in [7, 11) is 1.67. The number of carbonyl (C=O) groups excluding carboxylic acids is 1. The Kier molecular flexibility index (Phi) is 3.09. The van der Waals surface area contributed by atoms with Gasteiger partial charge in [-0.25, -0.2) is 9.97 Å². The second kappa shape index (κ2) is 5.06. The predicted octanol–water partition coefficient (Wildman–Crippen LogP) is 1.88. The fourth-order valence-electron chi connectivity index (χ4n) is 1.99. The quantitative estimate of drug-likeness (QED) is 0.716. The number of imidazole rings is 1. The number of nitrogens with zero attached hydrogens (tertiary/aromatic N) is 5. The monoisotopic (exact) mass is 277 g/mol. The number of nitriles is 1. The fraction of sp³-hybridized carbons (Fsp3) is 0.0667. The highest BCUT2D eigenvalue weighted by Crippen LogP contribution is 2.15. The van der Waals surface area contributed by atoms with Crippen molar-refractivity contribution >= 4 is 17.2 Å². The molecule has 3 aromatic rings. The van der Waals surface area contributed by atoms with Crippen LogP contribution in [0.25, 0.3) is 5.65 Å². The minimum Gasteiger partial charge on any atom is -0.310 e. The Morgan fingerprint density at radius 2 is 2.05 bits per heavy atom. The molecule has 6 nitrogen and oxygen atoms in total. The summed E-state index contributed by atoms with van der Waals surface area (Å²) in [6, 6.07) is 8.85. The zero-order chi connectivity index (χ0) is 14.8. The van der Waals surface area contributed by atoms with Crippen molar-refractivity contribution in [2.45, 2.75) is 0 Å². The average Bonchev–Trinajstić information content (AvgIpc) is 3.01. The van der Waals surface area contributed by atoms with E-state index in [0.29, 0.717) is 22.6 Å². The third-order valence-electron chi connectivity index (χ3n) is 3.19. The Labute approximate surface area is 120 Å². The molecule has 0 N–H and O–H groups in total. The minimum absolute atomic E-state index is 0.227. The van der Waals surface area contributed by atoms with Gasteiger partial charge in [-0.05, 0) is 24.3 Å². The molecule has 0 atom stereocenters. The van der Waals surface area contributed by atoms with Crippen molar-refractivity contribution in [3.05, 3.63) is 60.3 Å². The van der Waals surface area contributed by atoms with Crippen LogP contribution in [0.2, 0.25) is 0 Å². The number of hydrogen-bond donors (Lipinski definition) is 0. The van der Waals surface area contributed by atoms with Gasteiger partial charge in [-0.2, -0.15) is 5.26 Å². The van der Waals surface area contributed by atoms with Crippen molar-refractivity contribution in [2.75, 3.05) is 11.9 Å². The molecule has 1 amide bonds. The highest BCUT2D eigenvalue weighted by atomic mass is 16.2. The Morgan fingerprint density at radius 3 is 2.76 bits per heavy atom. The number of anilines is 1. The third kappa shape index (κ3) is 2.32. The molecule has 0 saturated carbocycles. The van der Waals surface area contributed by atoms with Gasteiger partial charge in [-0.1, -0.05) is 0 Å². The molecule has 6 heteroatoms. The molecule has 102 valence electrons. The van der Waals surface area contributed by atoms with Crippen molar-refractivity contribution in [3.63, 3.8) is 0 Å². The highest BCUT2D eigenvalue weighted by Gasteiger charge is 2.15. The smallest absolute Gasteiger partial charge is 0.278 e. The van der Waals surface area contributed by atoms with E-state index in [-0.39, 0.29) is 5.91 Å². The first-order chi connectivity index (χ1) is 10.2. The molecule has 2 aromatic heterocycles. The number of amides is 1. The van der Waals surface area contributed by atoms with E-state index in [4.69, 9.17) is 5.26 Å². The number of aromatic nitrogens is 3. The first-order valence-electron chi connectivity index (χ1n) is 6.26. The van der Waals surface area contributed by atoms with Crippen LogP contribution in [0.1, 0.15) is 16.1 Å². The van der Waals surface area contributed by atoms with Gasteiger partial charge < -0.3 is 9.30 Å². The summed E-state index contributed by atoms with van der Waals surface area (Å²) >= 11 is 0. The summed E-state index contributed by atoms with van der Waals surface area (Å²) in [5.41, 5.74) is 2.27. The van der Waals surface area contributed by atoms with Crippen LogP contribution in [0.3, 0.4) is 0 Å². The Morgan fingerprint density at radius 1 is 1.29 bits per heavy atom. The summed E-state index contributed by atoms with van der Waals surface area (Å²) in [5, 5.41) is 8.79. The Bertz CT molecular complexity index is 844. The lowest BCUT2D eigenvalue weighted by Crippen LogP contribution is -2.27. The van der Waals surface area contributed by atoms with Crippen molar-refractivity contribution < 1.29 is 4.79 Å². The van der Waals surface area contributed by atoms with Gasteiger partial charge in [0.1, 0.15) is 5.69 Å². The molecular weight excluding hydrogens is 266 g/mol. The standard InChI is InChI=1S/C15H11N5O/c1-19(12-4-2-11(8-16)3-5-12)15(21)13-10-20-7-6-17-14(20)9-18-13/h2-7,9-10H,1H3. The average molecular weight is 277 g/mol. The number of hydrogen-bond acceptors (Lipinski definition) is 4. The van der Waals surface area contributed by atoms with E-state index in [9.17, 15) is 4.79 Å². The maximum Gasteiger partial charge on any atom is 0.278 e. The van der Waals surface area contributed by atoms with Crippen molar-refractivity contribution in [3.8, 4) is 6.07 Å². The third-order valence-corrected chi connectivity index (χ3v) is 3.19. The Hall–Kier alpha value is -3.20. The second-order valence-electron chi connectivity index (χ2n) is 4.49. The van der Waals surface area contributed by atoms with E-state index < -0.39 is 0 Å². The summed E-state index contributed by atoms with van der Waals surface area (Å²) in [4.78, 5) is 22.1. The van der Waals surface area contributed by atoms with Crippen LogP contribution in [-0.4, -0.2) is 27.3 Å². The van der Waals surface area contributed by atoms with Gasteiger partial charge in [-0.3, -0.25) is 4.79 Å². The van der Waals surface area contributed by atoms with Crippen molar-refractivity contribution in [1.82, 2.24) is 14.4 Å². The number of benzene rings is 1. The number of fused-ring (bicyclic) bond motifs is 1. The zero-order valence-corrected chi connectivity index (χ0v) is 11.3. The second-order valence-corrected chi connectivity index (χ2v) is 4.49. The first-order valence-corrected chi connectivity index (χ1v) is 6.26. The summed E-state index contributed by atoms with van der Waals surface area (Å²) in [5.74, 6) is -0.227. The number of carbonyl (C=O) groups is 1. The van der Waals surface area contributed by atoms with Crippen LogP contribution in [-0.2, 0) is 0 Å². The Balaban J connectivity index is 1.90. The van der Waals surface area contributed by atoms with E-state index in [1.165, 1.54) is 4.90 Å². The van der Waals surface area contributed by atoms with Gasteiger partial charge in [-0.15, -0.1) is 0 Å². The van der Waals surface area contributed by atoms with Crippen molar-refractivity contribution in [1.29, 1.82) is 5.26 Å². The van der Waals surface area contributed by atoms with Gasteiger partial charge >= 0.3 is 0 Å². The lowest BCUT2D eigenvalue weighted by Gasteiger charge is -2.16. The topological polar surface area (TPSA) is 74.3 Å². The normalized spacial score (nSPS) is 10.3. The van der Waals surface area contributed by atoms with E-state index >= 15 is 0 Å². The van der Waals surface area contributed by atoms with Gasteiger partial charge in [0.25, 0.3) is 5.91 Å². The van der Waals surface area contributed by atoms with Crippen LogP contribution >= 0.6 is 0 Å². The van der Waals surface area contributed by atoms with Crippen LogP contribution in [0.4, 0.5) is 5.69 Å². The molecule has 0 radical (unpaired) electrons. The molecule has 21 heavy (non-hydrogen) atoms. The predicted molar refractivity (Wildman–Crippen MR) is 76.9 cm³/mol. The molecule has 0 aliphatic heterocycles. The zero-order valence-electron chi connectivity index (χ0n) is 11.3. The molecule has 0 bridgehead atoms. The summed E-state index contributed by atoms with van der Waals surface area (Å²) in [6.45, 7) is 0. The largest absolute Gasteiger partial charge is 0.310 e. The fourth-order valence-corrected chi connectivity index (χ4v) is 1.99. The first kappa shape index (κ1) is 12.8. The molecular formula is C15H11N5O. The van der Waals surface area contributed by atoms with Crippen LogP contribution in [0.15, 0.2) is 49.1 Å². The van der Waals surface area contributed by atoms with Gasteiger partial charge in [0.05, 0.1) is 17.8 Å². The molecule has 2 heterocycles. The van der Waals surface area contributed by atoms with Crippen LogP contribution < -0.4 is 4.90 Å². The van der Waals surface area contributed by atoms with Gasteiger partial charge in [0.15, 0.2) is 5.65 Å². The van der Waals surface area contributed by atoms with E-state index in [1.807, 2.05) is 6.07 Å². The minimum atomic E-state index is -0.227. The highest BCUT2D eigenvalue weighted by molar-refractivity contribution is 6.04. The molecule has 1 aromatic carbocycles. The van der Waals surface area contributed by atoms with Crippen molar-refractivity contribution in [2.24, 2.45) is 0 Å². The summed E-state index contributed by atoms with van der Waals surface area (Å²) < 4.78 is 1.74. The molecule has 0 saturated heterocycles. The lowest BCUT2D eigenvalue weighted by molar-refractivity contribution is 0.0988. The van der Waals surface area contributed by atoms with E-state index in [1.54, 1.807) is 60.5 Å². The van der Waals surface area contributed by atoms with Crippen LogP contribution in [0, 0.1) is 11.3 Å². The van der Waals surface area contributed by atoms with E-state index in [2.05, 4.69) is 9.97 Å². The molecule has 0 aliphatic carbocycles.